The number of methoxy groups -OCH3 is 3. The molecule has 8 heteroatoms. The van der Waals surface area contributed by atoms with Gasteiger partial charge in [0, 0.05) is 31.9 Å². The summed E-state index contributed by atoms with van der Waals surface area (Å²) < 4.78 is 16.3. The molecule has 0 aliphatic carbocycles. The number of benzene rings is 2. The van der Waals surface area contributed by atoms with Gasteiger partial charge in [-0.15, -0.1) is 24.0 Å². The Morgan fingerprint density at radius 1 is 0.906 bits per heavy atom. The molecule has 3 rings (SSSR count). The van der Waals surface area contributed by atoms with Crippen molar-refractivity contribution in [1.29, 1.82) is 0 Å². The second kappa shape index (κ2) is 13.0. The zero-order chi connectivity index (χ0) is 22.1. The standard InChI is InChI=1S/C24H32N4O3.HI/c1-5-25-24(26-16-18-8-10-20(11-9-18)28-12-6-7-13-28)27-17-19-14-21(29-2)23(31-4)22(15-19)30-3;/h6-11,14-15H,5,12-13,16-17H2,1-4H3,(H2,25,26,27);1H. The molecule has 0 spiro atoms. The number of guanidine groups is 1. The van der Waals surface area contributed by atoms with Crippen LogP contribution < -0.4 is 29.7 Å². The van der Waals surface area contributed by atoms with Gasteiger partial charge in [0.05, 0.1) is 27.9 Å². The summed E-state index contributed by atoms with van der Waals surface area (Å²) in [4.78, 5) is 7.05. The largest absolute Gasteiger partial charge is 0.493 e. The minimum Gasteiger partial charge on any atom is -0.493 e. The van der Waals surface area contributed by atoms with Crippen molar-refractivity contribution in [1.82, 2.24) is 10.6 Å². The van der Waals surface area contributed by atoms with Crippen molar-refractivity contribution < 1.29 is 14.2 Å². The Bertz CT molecular complexity index is 883. The first-order valence-electron chi connectivity index (χ1n) is 10.5. The molecule has 7 nitrogen and oxygen atoms in total. The number of halogens is 1. The van der Waals surface area contributed by atoms with E-state index in [2.05, 4.69) is 58.9 Å². The lowest BCUT2D eigenvalue weighted by Gasteiger charge is -2.18. The number of aliphatic imine (C=N–C) groups is 1. The Kier molecular flexibility index (Phi) is 10.5. The van der Waals surface area contributed by atoms with Crippen LogP contribution in [0.15, 0.2) is 53.5 Å². The number of nitrogens with one attached hydrogen (secondary N) is 2. The maximum absolute atomic E-state index is 5.43. The maximum Gasteiger partial charge on any atom is 0.203 e. The van der Waals surface area contributed by atoms with E-state index in [4.69, 9.17) is 19.2 Å². The first kappa shape index (κ1) is 25.6. The van der Waals surface area contributed by atoms with E-state index in [-0.39, 0.29) is 24.0 Å². The predicted molar refractivity (Wildman–Crippen MR) is 141 cm³/mol. The van der Waals surface area contributed by atoms with Gasteiger partial charge in [0.15, 0.2) is 17.5 Å². The highest BCUT2D eigenvalue weighted by molar-refractivity contribution is 14.0. The molecule has 2 N–H and O–H groups in total. The van der Waals surface area contributed by atoms with Crippen LogP contribution in [0, 0.1) is 0 Å². The van der Waals surface area contributed by atoms with Gasteiger partial charge in [-0.05, 0) is 42.3 Å². The molecule has 2 aromatic carbocycles. The summed E-state index contributed by atoms with van der Waals surface area (Å²) in [6, 6.07) is 12.5. The lowest BCUT2D eigenvalue weighted by molar-refractivity contribution is 0.324. The molecule has 1 aliphatic heterocycles. The van der Waals surface area contributed by atoms with Gasteiger partial charge >= 0.3 is 0 Å². The molecule has 1 heterocycles. The van der Waals surface area contributed by atoms with Gasteiger partial charge in [0.25, 0.3) is 0 Å². The summed E-state index contributed by atoms with van der Waals surface area (Å²) >= 11 is 0. The predicted octanol–water partition coefficient (Wildman–Crippen LogP) is 3.96. The van der Waals surface area contributed by atoms with Gasteiger partial charge < -0.3 is 29.7 Å². The van der Waals surface area contributed by atoms with Crippen molar-refractivity contribution in [2.45, 2.75) is 20.0 Å². The second-order valence-electron chi connectivity index (χ2n) is 7.13. The monoisotopic (exact) mass is 552 g/mol. The molecule has 0 saturated heterocycles. The summed E-state index contributed by atoms with van der Waals surface area (Å²) in [7, 11) is 4.82. The molecule has 0 fully saturated rings. The van der Waals surface area contributed by atoms with E-state index in [0.717, 1.165) is 31.2 Å². The van der Waals surface area contributed by atoms with E-state index in [1.165, 1.54) is 11.3 Å². The van der Waals surface area contributed by atoms with Crippen LogP contribution in [-0.4, -0.2) is 46.9 Å². The van der Waals surface area contributed by atoms with Crippen LogP contribution in [-0.2, 0) is 13.1 Å². The Labute approximate surface area is 207 Å². The van der Waals surface area contributed by atoms with Crippen molar-refractivity contribution in [3.05, 3.63) is 59.7 Å². The molecule has 0 bridgehead atoms. The molecule has 0 saturated carbocycles. The van der Waals surface area contributed by atoms with Gasteiger partial charge in [-0.2, -0.15) is 0 Å². The van der Waals surface area contributed by atoms with E-state index < -0.39 is 0 Å². The number of ether oxygens (including phenoxy) is 3. The molecule has 174 valence electrons. The number of rotatable bonds is 9. The third-order valence-electron chi connectivity index (χ3n) is 5.07. The summed E-state index contributed by atoms with van der Waals surface area (Å²) in [5, 5.41) is 6.70. The van der Waals surface area contributed by atoms with E-state index in [0.29, 0.717) is 30.3 Å². The molecular formula is C24H33IN4O3. The number of nitrogens with zero attached hydrogens (tertiary/aromatic N) is 2. The summed E-state index contributed by atoms with van der Waals surface area (Å²) in [5.41, 5.74) is 3.42. The topological polar surface area (TPSA) is 67.4 Å². The van der Waals surface area contributed by atoms with Crippen LogP contribution in [0.1, 0.15) is 18.1 Å². The first-order valence-corrected chi connectivity index (χ1v) is 10.5. The van der Waals surface area contributed by atoms with Gasteiger partial charge in [0.1, 0.15) is 0 Å². The Morgan fingerprint density at radius 3 is 2.06 bits per heavy atom. The van der Waals surface area contributed by atoms with Crippen molar-refractivity contribution in [3.63, 3.8) is 0 Å². The zero-order valence-electron chi connectivity index (χ0n) is 19.2. The number of anilines is 1. The fourth-order valence-corrected chi connectivity index (χ4v) is 3.44. The van der Waals surface area contributed by atoms with Crippen molar-refractivity contribution in [2.24, 2.45) is 4.99 Å². The Hall–Kier alpha value is -2.62. The summed E-state index contributed by atoms with van der Waals surface area (Å²) in [6.07, 6.45) is 4.39. The third-order valence-corrected chi connectivity index (χ3v) is 5.07. The Morgan fingerprint density at radius 2 is 1.53 bits per heavy atom. The van der Waals surface area contributed by atoms with Crippen LogP contribution in [0.2, 0.25) is 0 Å². The summed E-state index contributed by atoms with van der Waals surface area (Å²) in [6.45, 7) is 5.97. The lowest BCUT2D eigenvalue weighted by Crippen LogP contribution is -2.36. The molecule has 32 heavy (non-hydrogen) atoms. The average Bonchev–Trinajstić information content (AvgIpc) is 3.35. The van der Waals surface area contributed by atoms with E-state index >= 15 is 0 Å². The van der Waals surface area contributed by atoms with Crippen molar-refractivity contribution in [3.8, 4) is 17.2 Å². The van der Waals surface area contributed by atoms with Crippen molar-refractivity contribution in [2.75, 3.05) is 45.9 Å². The van der Waals surface area contributed by atoms with Gasteiger partial charge in [-0.3, -0.25) is 0 Å². The number of hydrogen-bond acceptors (Lipinski definition) is 5. The normalized spacial score (nSPS) is 12.9. The van der Waals surface area contributed by atoms with Gasteiger partial charge in [-0.25, -0.2) is 4.99 Å². The van der Waals surface area contributed by atoms with Crippen LogP contribution >= 0.6 is 24.0 Å². The third kappa shape index (κ3) is 6.69. The highest BCUT2D eigenvalue weighted by Gasteiger charge is 2.13. The van der Waals surface area contributed by atoms with Gasteiger partial charge in [-0.1, -0.05) is 24.3 Å². The highest BCUT2D eigenvalue weighted by Crippen LogP contribution is 2.38. The molecule has 1 aliphatic rings. The smallest absolute Gasteiger partial charge is 0.203 e. The van der Waals surface area contributed by atoms with E-state index in [9.17, 15) is 0 Å². The molecule has 0 radical (unpaired) electrons. The first-order chi connectivity index (χ1) is 15.2. The van der Waals surface area contributed by atoms with E-state index in [1.807, 2.05) is 12.1 Å². The second-order valence-corrected chi connectivity index (χ2v) is 7.13. The fraction of sp³-hybridized carbons (Fsp3) is 0.375. The number of hydrogen-bond donors (Lipinski definition) is 2. The maximum atomic E-state index is 5.43. The minimum absolute atomic E-state index is 0. The highest BCUT2D eigenvalue weighted by atomic mass is 127. The minimum atomic E-state index is 0. The zero-order valence-corrected chi connectivity index (χ0v) is 21.5. The SMILES string of the molecule is CCNC(=NCc1cc(OC)c(OC)c(OC)c1)NCc1ccc(N2CC=CC2)cc1.I. The molecular weight excluding hydrogens is 519 g/mol. The molecule has 0 atom stereocenters. The molecule has 0 amide bonds. The molecule has 0 unspecified atom stereocenters. The quantitative estimate of drug-likeness (QED) is 0.213. The fourth-order valence-electron chi connectivity index (χ4n) is 3.44. The Balaban J connectivity index is 0.00000363. The van der Waals surface area contributed by atoms with Crippen LogP contribution in [0.5, 0.6) is 17.2 Å². The molecule has 0 aromatic heterocycles. The van der Waals surface area contributed by atoms with Crippen LogP contribution in [0.25, 0.3) is 0 Å². The lowest BCUT2D eigenvalue weighted by atomic mass is 10.2. The molecule has 2 aromatic rings. The summed E-state index contributed by atoms with van der Waals surface area (Å²) in [5.74, 6) is 2.58. The average molecular weight is 552 g/mol. The van der Waals surface area contributed by atoms with Crippen LogP contribution in [0.3, 0.4) is 0 Å². The van der Waals surface area contributed by atoms with Crippen LogP contribution in [0.4, 0.5) is 5.69 Å². The van der Waals surface area contributed by atoms with E-state index in [1.54, 1.807) is 21.3 Å². The van der Waals surface area contributed by atoms with Crippen molar-refractivity contribution >= 4 is 35.6 Å². The van der Waals surface area contributed by atoms with Gasteiger partial charge in [0.2, 0.25) is 5.75 Å².